The molecule has 18 heavy (non-hydrogen) atoms. The van der Waals surface area contributed by atoms with Gasteiger partial charge in [-0.05, 0) is 25.0 Å². The zero-order valence-electron chi connectivity index (χ0n) is 9.68. The third-order valence-corrected chi connectivity index (χ3v) is 2.97. The van der Waals surface area contributed by atoms with Crippen LogP contribution >= 0.6 is 0 Å². The molecular weight excluding hydrogens is 230 g/mol. The molecule has 0 spiro atoms. The number of aromatic amines is 1. The fourth-order valence-corrected chi connectivity index (χ4v) is 1.85. The molecule has 0 unspecified atom stereocenters. The molecule has 1 aliphatic carbocycles. The van der Waals surface area contributed by atoms with Gasteiger partial charge in [-0.25, -0.2) is 0 Å². The summed E-state index contributed by atoms with van der Waals surface area (Å²) in [5.41, 5.74) is 8.21. The second-order valence-corrected chi connectivity index (χ2v) is 4.36. The van der Waals surface area contributed by atoms with Crippen molar-refractivity contribution in [1.29, 1.82) is 0 Å². The number of nitrogen functional groups attached to an aromatic ring is 1. The molecule has 1 aliphatic rings. The Balaban J connectivity index is 1.80. The first kappa shape index (κ1) is 10.8. The average molecular weight is 243 g/mol. The van der Waals surface area contributed by atoms with Crippen LogP contribution in [0.5, 0.6) is 0 Å². The van der Waals surface area contributed by atoms with Crippen molar-refractivity contribution >= 4 is 17.3 Å². The molecule has 3 rings (SSSR count). The summed E-state index contributed by atoms with van der Waals surface area (Å²) in [5, 5.41) is 9.58. The minimum atomic E-state index is -0.304. The molecule has 0 radical (unpaired) electrons. The van der Waals surface area contributed by atoms with Gasteiger partial charge in [-0.1, -0.05) is 0 Å². The summed E-state index contributed by atoms with van der Waals surface area (Å²) < 4.78 is 0. The highest BCUT2D eigenvalue weighted by Gasteiger charge is 2.30. The Morgan fingerprint density at radius 3 is 2.78 bits per heavy atom. The van der Waals surface area contributed by atoms with Crippen LogP contribution in [0.3, 0.4) is 0 Å². The molecule has 2 aromatic rings. The van der Waals surface area contributed by atoms with E-state index in [1.165, 1.54) is 0 Å². The van der Waals surface area contributed by atoms with Crippen molar-refractivity contribution < 1.29 is 4.79 Å². The van der Waals surface area contributed by atoms with Gasteiger partial charge in [0.2, 0.25) is 0 Å². The lowest BCUT2D eigenvalue weighted by atomic mass is 10.2. The molecule has 2 heterocycles. The number of rotatable bonds is 3. The number of nitrogens with one attached hydrogen (secondary N) is 2. The number of anilines is 2. The fraction of sp³-hybridized carbons (Fsp3) is 0.250. The highest BCUT2D eigenvalue weighted by molar-refractivity contribution is 6.06. The largest absolute Gasteiger partial charge is 0.395 e. The number of amides is 1. The maximum Gasteiger partial charge on any atom is 0.278 e. The second-order valence-electron chi connectivity index (χ2n) is 4.36. The minimum absolute atomic E-state index is 0.258. The molecule has 1 fully saturated rings. The van der Waals surface area contributed by atoms with Gasteiger partial charge in [0.05, 0.1) is 11.4 Å². The van der Waals surface area contributed by atoms with Crippen molar-refractivity contribution in [1.82, 2.24) is 15.2 Å². The maximum atomic E-state index is 12.0. The molecule has 1 saturated carbocycles. The molecule has 1 amide bonds. The van der Waals surface area contributed by atoms with Crippen LogP contribution in [0, 0.1) is 0 Å². The van der Waals surface area contributed by atoms with Gasteiger partial charge in [0.1, 0.15) is 0 Å². The van der Waals surface area contributed by atoms with Crippen LogP contribution in [0.15, 0.2) is 24.5 Å². The van der Waals surface area contributed by atoms with Gasteiger partial charge in [0.25, 0.3) is 5.91 Å². The van der Waals surface area contributed by atoms with Gasteiger partial charge < -0.3 is 11.1 Å². The van der Waals surface area contributed by atoms with Gasteiger partial charge in [-0.15, -0.1) is 0 Å². The normalized spacial score (nSPS) is 14.4. The molecule has 0 saturated heterocycles. The summed E-state index contributed by atoms with van der Waals surface area (Å²) >= 11 is 0. The Morgan fingerprint density at radius 2 is 2.11 bits per heavy atom. The first-order chi connectivity index (χ1) is 8.75. The second kappa shape index (κ2) is 4.14. The van der Waals surface area contributed by atoms with E-state index in [0.717, 1.165) is 18.5 Å². The van der Waals surface area contributed by atoms with Crippen LogP contribution in [0.2, 0.25) is 0 Å². The van der Waals surface area contributed by atoms with E-state index in [4.69, 9.17) is 5.73 Å². The molecule has 4 N–H and O–H groups in total. The molecule has 0 atom stereocenters. The predicted molar refractivity (Wildman–Crippen MR) is 67.2 cm³/mol. The Labute approximate surface area is 104 Å². The molecule has 6 nitrogen and oxygen atoms in total. The highest BCUT2D eigenvalue weighted by atomic mass is 16.2. The summed E-state index contributed by atoms with van der Waals surface area (Å²) in [4.78, 5) is 15.9. The van der Waals surface area contributed by atoms with Crippen LogP contribution < -0.4 is 11.1 Å². The maximum absolute atomic E-state index is 12.0. The van der Waals surface area contributed by atoms with Crippen molar-refractivity contribution in [3.8, 4) is 0 Å². The Morgan fingerprint density at radius 1 is 1.39 bits per heavy atom. The highest BCUT2D eigenvalue weighted by Crippen LogP contribution is 2.42. The van der Waals surface area contributed by atoms with E-state index in [0.29, 0.717) is 17.3 Å². The van der Waals surface area contributed by atoms with Gasteiger partial charge in [-0.3, -0.25) is 14.9 Å². The molecule has 92 valence electrons. The topological polar surface area (TPSA) is 96.7 Å². The third kappa shape index (κ3) is 1.92. The number of nitrogens with zero attached hydrogens (tertiary/aromatic N) is 2. The van der Waals surface area contributed by atoms with Crippen molar-refractivity contribution in [2.75, 3.05) is 11.1 Å². The lowest BCUT2D eigenvalue weighted by Gasteiger charge is -2.02. The molecule has 0 bridgehead atoms. The Hall–Kier alpha value is -2.37. The molecular formula is C12H13N5O. The smallest absolute Gasteiger partial charge is 0.278 e. The van der Waals surface area contributed by atoms with E-state index >= 15 is 0 Å². The lowest BCUT2D eigenvalue weighted by molar-refractivity contribution is 0.102. The summed E-state index contributed by atoms with van der Waals surface area (Å²) in [6.45, 7) is 0. The first-order valence-corrected chi connectivity index (χ1v) is 5.81. The minimum Gasteiger partial charge on any atom is -0.395 e. The zero-order chi connectivity index (χ0) is 12.5. The van der Waals surface area contributed by atoms with Crippen LogP contribution in [-0.4, -0.2) is 21.1 Å². The van der Waals surface area contributed by atoms with E-state index in [1.807, 2.05) is 0 Å². The molecule has 0 aromatic carbocycles. The number of carbonyl (C=O) groups is 1. The van der Waals surface area contributed by atoms with Crippen molar-refractivity contribution in [3.05, 3.63) is 35.9 Å². The quantitative estimate of drug-likeness (QED) is 0.761. The first-order valence-electron chi connectivity index (χ1n) is 5.81. The van der Waals surface area contributed by atoms with Gasteiger partial charge in [0.15, 0.2) is 5.69 Å². The van der Waals surface area contributed by atoms with E-state index in [1.54, 1.807) is 24.5 Å². The predicted octanol–water partition coefficient (Wildman–Crippen LogP) is 1.52. The molecule has 0 aliphatic heterocycles. The van der Waals surface area contributed by atoms with Gasteiger partial charge >= 0.3 is 0 Å². The monoisotopic (exact) mass is 243 g/mol. The summed E-state index contributed by atoms with van der Waals surface area (Å²) in [7, 11) is 0. The van der Waals surface area contributed by atoms with Gasteiger partial charge in [0, 0.05) is 24.0 Å². The number of H-pyrrole nitrogens is 1. The van der Waals surface area contributed by atoms with Crippen LogP contribution in [0.25, 0.3) is 0 Å². The van der Waals surface area contributed by atoms with Gasteiger partial charge in [-0.2, -0.15) is 5.10 Å². The van der Waals surface area contributed by atoms with Crippen molar-refractivity contribution in [3.63, 3.8) is 0 Å². The zero-order valence-corrected chi connectivity index (χ0v) is 9.68. The third-order valence-electron chi connectivity index (χ3n) is 2.97. The SMILES string of the molecule is Nc1c(C(=O)Nc2ccncc2)n[nH]c1C1CC1. The Bertz CT molecular complexity index is 573. The number of nitrogens with two attached hydrogens (primary N) is 1. The lowest BCUT2D eigenvalue weighted by Crippen LogP contribution is -2.14. The standard InChI is InChI=1S/C12H13N5O/c13-9-10(7-1-2-7)16-17-11(9)12(18)15-8-3-5-14-6-4-8/h3-7H,1-2,13H2,(H,16,17)(H,14,15,18). The average Bonchev–Trinajstić information content (AvgIpc) is 3.14. The fourth-order valence-electron chi connectivity index (χ4n) is 1.85. The van der Waals surface area contributed by atoms with Crippen LogP contribution in [0.1, 0.15) is 34.9 Å². The number of aromatic nitrogens is 3. The molecule has 6 heteroatoms. The summed E-state index contributed by atoms with van der Waals surface area (Å²) in [5.74, 6) is 0.141. The number of hydrogen-bond donors (Lipinski definition) is 3. The summed E-state index contributed by atoms with van der Waals surface area (Å²) in [6.07, 6.45) is 5.44. The van der Waals surface area contributed by atoms with E-state index in [9.17, 15) is 4.79 Å². The van der Waals surface area contributed by atoms with E-state index in [-0.39, 0.29) is 11.6 Å². The number of hydrogen-bond acceptors (Lipinski definition) is 4. The molecule has 2 aromatic heterocycles. The van der Waals surface area contributed by atoms with E-state index in [2.05, 4.69) is 20.5 Å². The summed E-state index contributed by atoms with van der Waals surface area (Å²) in [6, 6.07) is 3.42. The van der Waals surface area contributed by atoms with Crippen molar-refractivity contribution in [2.45, 2.75) is 18.8 Å². The van der Waals surface area contributed by atoms with E-state index < -0.39 is 0 Å². The van der Waals surface area contributed by atoms with Crippen LogP contribution in [0.4, 0.5) is 11.4 Å². The number of carbonyl (C=O) groups excluding carboxylic acids is 1. The number of pyridine rings is 1. The Kier molecular flexibility index (Phi) is 2.47. The van der Waals surface area contributed by atoms with Crippen LogP contribution in [-0.2, 0) is 0 Å². The van der Waals surface area contributed by atoms with Crippen molar-refractivity contribution in [2.24, 2.45) is 0 Å².